The molecule has 0 aromatic heterocycles. The average Bonchev–Trinajstić information content (AvgIpc) is 2.44. The van der Waals surface area contributed by atoms with Crippen LogP contribution in [0.3, 0.4) is 0 Å². The Morgan fingerprint density at radius 3 is 2.29 bits per heavy atom. The molecule has 2 nitrogen and oxygen atoms in total. The van der Waals surface area contributed by atoms with E-state index in [9.17, 15) is 8.78 Å². The summed E-state index contributed by atoms with van der Waals surface area (Å²) in [4.78, 5) is 2.28. The highest BCUT2D eigenvalue weighted by Crippen LogP contribution is 2.20. The minimum atomic E-state index is -0.507. The maximum absolute atomic E-state index is 13.4. The average molecular weight is 298 g/mol. The fourth-order valence-electron chi connectivity index (χ4n) is 2.37. The van der Waals surface area contributed by atoms with Crippen LogP contribution in [0.2, 0.25) is 0 Å². The van der Waals surface area contributed by atoms with Crippen LogP contribution in [0.25, 0.3) is 0 Å². The lowest BCUT2D eigenvalue weighted by atomic mass is 10.0. The Bertz CT molecular complexity index is 390. The van der Waals surface area contributed by atoms with Gasteiger partial charge in [0.15, 0.2) is 0 Å². The molecule has 0 aliphatic heterocycles. The van der Waals surface area contributed by atoms with Gasteiger partial charge in [-0.15, -0.1) is 0 Å². The molecule has 0 aliphatic carbocycles. The van der Waals surface area contributed by atoms with Crippen molar-refractivity contribution >= 4 is 0 Å². The van der Waals surface area contributed by atoms with E-state index in [1.807, 2.05) is 0 Å². The lowest BCUT2D eigenvalue weighted by molar-refractivity contribution is 0.302. The molecule has 1 aromatic carbocycles. The van der Waals surface area contributed by atoms with Crippen LogP contribution in [0.4, 0.5) is 8.78 Å². The molecule has 0 bridgehead atoms. The SMILES string of the molecule is CCCCN(C)CCC(NCCC)c1cc(F)cc(F)c1. The van der Waals surface area contributed by atoms with Gasteiger partial charge in [-0.3, -0.25) is 0 Å². The Morgan fingerprint density at radius 1 is 1.05 bits per heavy atom. The molecule has 0 amide bonds. The largest absolute Gasteiger partial charge is 0.310 e. The van der Waals surface area contributed by atoms with Gasteiger partial charge in [-0.25, -0.2) is 8.78 Å². The molecule has 0 fully saturated rings. The predicted molar refractivity (Wildman–Crippen MR) is 84.4 cm³/mol. The summed E-state index contributed by atoms with van der Waals surface area (Å²) in [7, 11) is 2.10. The number of benzene rings is 1. The van der Waals surface area contributed by atoms with E-state index in [4.69, 9.17) is 0 Å². The van der Waals surface area contributed by atoms with Crippen molar-refractivity contribution in [2.24, 2.45) is 0 Å². The molecule has 1 rings (SSSR count). The summed E-state index contributed by atoms with van der Waals surface area (Å²) in [5, 5.41) is 3.39. The molecule has 21 heavy (non-hydrogen) atoms. The van der Waals surface area contributed by atoms with Gasteiger partial charge >= 0.3 is 0 Å². The first-order valence-electron chi connectivity index (χ1n) is 7.94. The summed E-state index contributed by atoms with van der Waals surface area (Å²) >= 11 is 0. The van der Waals surface area contributed by atoms with E-state index in [-0.39, 0.29) is 6.04 Å². The summed E-state index contributed by atoms with van der Waals surface area (Å²) in [5.41, 5.74) is 0.699. The van der Waals surface area contributed by atoms with Gasteiger partial charge in [0.25, 0.3) is 0 Å². The third kappa shape index (κ3) is 7.00. The van der Waals surface area contributed by atoms with Crippen LogP contribution in [0.15, 0.2) is 18.2 Å². The zero-order chi connectivity index (χ0) is 15.7. The van der Waals surface area contributed by atoms with Gasteiger partial charge in [-0.1, -0.05) is 20.3 Å². The molecule has 0 saturated carbocycles. The highest BCUT2D eigenvalue weighted by molar-refractivity contribution is 5.21. The summed E-state index contributed by atoms with van der Waals surface area (Å²) in [5.74, 6) is -1.01. The van der Waals surface area contributed by atoms with E-state index in [1.54, 1.807) is 0 Å². The van der Waals surface area contributed by atoms with Gasteiger partial charge < -0.3 is 10.2 Å². The number of nitrogens with one attached hydrogen (secondary N) is 1. The summed E-state index contributed by atoms with van der Waals surface area (Å²) < 4.78 is 26.8. The number of unbranched alkanes of at least 4 members (excludes halogenated alkanes) is 1. The maximum Gasteiger partial charge on any atom is 0.126 e. The molecular formula is C17H28F2N2. The Morgan fingerprint density at radius 2 is 1.71 bits per heavy atom. The molecule has 1 atom stereocenters. The van der Waals surface area contributed by atoms with Gasteiger partial charge in [-0.05, 0) is 63.6 Å². The first kappa shape index (κ1) is 18.1. The zero-order valence-electron chi connectivity index (χ0n) is 13.5. The first-order chi connectivity index (χ1) is 10.1. The fourth-order valence-corrected chi connectivity index (χ4v) is 2.37. The van der Waals surface area contributed by atoms with Crippen LogP contribution in [0.5, 0.6) is 0 Å². The standard InChI is InChI=1S/C17H28F2N2/c1-4-6-9-21(3)10-7-17(20-8-5-2)14-11-15(18)13-16(19)12-14/h11-13,17,20H,4-10H2,1-3H3. The van der Waals surface area contributed by atoms with Crippen molar-refractivity contribution in [2.75, 3.05) is 26.7 Å². The van der Waals surface area contributed by atoms with Gasteiger partial charge in [0.05, 0.1) is 0 Å². The molecule has 120 valence electrons. The third-order valence-electron chi connectivity index (χ3n) is 3.62. The fraction of sp³-hybridized carbons (Fsp3) is 0.647. The van der Waals surface area contributed by atoms with Crippen molar-refractivity contribution in [3.05, 3.63) is 35.4 Å². The minimum Gasteiger partial charge on any atom is -0.310 e. The van der Waals surface area contributed by atoms with Crippen molar-refractivity contribution in [1.82, 2.24) is 10.2 Å². The van der Waals surface area contributed by atoms with Gasteiger partial charge in [0.1, 0.15) is 11.6 Å². The second-order valence-corrected chi connectivity index (χ2v) is 5.65. The van der Waals surface area contributed by atoms with Crippen molar-refractivity contribution in [3.63, 3.8) is 0 Å². The van der Waals surface area contributed by atoms with Gasteiger partial charge in [0, 0.05) is 12.1 Å². The highest BCUT2D eigenvalue weighted by Gasteiger charge is 2.14. The van der Waals surface area contributed by atoms with Crippen molar-refractivity contribution in [3.8, 4) is 0 Å². The lowest BCUT2D eigenvalue weighted by Gasteiger charge is -2.23. The Hall–Kier alpha value is -1.00. The van der Waals surface area contributed by atoms with Crippen molar-refractivity contribution in [1.29, 1.82) is 0 Å². The molecule has 0 saturated heterocycles. The van der Waals surface area contributed by atoms with Crippen molar-refractivity contribution < 1.29 is 8.78 Å². The topological polar surface area (TPSA) is 15.3 Å². The summed E-state index contributed by atoms with van der Waals surface area (Å²) in [6.45, 7) is 7.09. The van der Waals surface area contributed by atoms with Gasteiger partial charge in [0.2, 0.25) is 0 Å². The van der Waals surface area contributed by atoms with E-state index in [1.165, 1.54) is 25.0 Å². The second kappa shape index (κ2) is 9.85. The molecule has 0 radical (unpaired) electrons. The molecule has 4 heteroatoms. The Labute approximate surface area is 127 Å². The van der Waals surface area contributed by atoms with Crippen LogP contribution in [-0.2, 0) is 0 Å². The quantitative estimate of drug-likeness (QED) is 0.699. The van der Waals surface area contributed by atoms with Crippen LogP contribution in [0, 0.1) is 11.6 Å². The van der Waals surface area contributed by atoms with Gasteiger partial charge in [-0.2, -0.15) is 0 Å². The molecule has 0 heterocycles. The Balaban J connectivity index is 2.66. The molecule has 0 aliphatic rings. The number of halogens is 2. The van der Waals surface area contributed by atoms with E-state index in [2.05, 4.69) is 31.1 Å². The Kier molecular flexibility index (Phi) is 8.47. The van der Waals surface area contributed by atoms with Crippen LogP contribution in [0.1, 0.15) is 51.1 Å². The van der Waals surface area contributed by atoms with Crippen molar-refractivity contribution in [2.45, 2.75) is 45.6 Å². The number of nitrogens with zero attached hydrogens (tertiary/aromatic N) is 1. The number of rotatable bonds is 10. The monoisotopic (exact) mass is 298 g/mol. The maximum atomic E-state index is 13.4. The highest BCUT2D eigenvalue weighted by atomic mass is 19.1. The minimum absolute atomic E-state index is 0.000716. The molecular weight excluding hydrogens is 270 g/mol. The molecule has 0 spiro atoms. The predicted octanol–water partition coefficient (Wildman–Crippen LogP) is 4.13. The van der Waals surface area contributed by atoms with Crippen LogP contribution < -0.4 is 5.32 Å². The zero-order valence-corrected chi connectivity index (χ0v) is 13.5. The lowest BCUT2D eigenvalue weighted by Crippen LogP contribution is -2.28. The molecule has 1 unspecified atom stereocenters. The van der Waals surface area contributed by atoms with E-state index >= 15 is 0 Å². The van der Waals surface area contributed by atoms with E-state index in [0.717, 1.165) is 38.5 Å². The molecule has 1 N–H and O–H groups in total. The normalized spacial score (nSPS) is 12.9. The first-order valence-corrected chi connectivity index (χ1v) is 7.94. The number of hydrogen-bond donors (Lipinski definition) is 1. The summed E-state index contributed by atoms with van der Waals surface area (Å²) in [6, 6.07) is 3.79. The van der Waals surface area contributed by atoms with E-state index < -0.39 is 11.6 Å². The number of hydrogen-bond acceptors (Lipinski definition) is 2. The van der Waals surface area contributed by atoms with Crippen LogP contribution in [-0.4, -0.2) is 31.6 Å². The third-order valence-corrected chi connectivity index (χ3v) is 3.62. The smallest absolute Gasteiger partial charge is 0.126 e. The molecule has 1 aromatic rings. The van der Waals surface area contributed by atoms with E-state index in [0.29, 0.717) is 5.56 Å². The second-order valence-electron chi connectivity index (χ2n) is 5.65. The van der Waals surface area contributed by atoms with Crippen LogP contribution >= 0.6 is 0 Å². The summed E-state index contributed by atoms with van der Waals surface area (Å²) in [6.07, 6.45) is 4.21.